The summed E-state index contributed by atoms with van der Waals surface area (Å²) in [5.41, 5.74) is 6.77. The minimum absolute atomic E-state index is 0.268. The van der Waals surface area contributed by atoms with Crippen LogP contribution in [0, 0.1) is 5.82 Å². The average molecular weight is 229 g/mol. The summed E-state index contributed by atoms with van der Waals surface area (Å²) in [6, 6.07) is 4.80. The molecule has 1 aromatic rings. The van der Waals surface area contributed by atoms with E-state index >= 15 is 0 Å². The van der Waals surface area contributed by atoms with Crippen LogP contribution in [0.4, 0.5) is 4.39 Å². The van der Waals surface area contributed by atoms with E-state index in [1.54, 1.807) is 6.07 Å². The summed E-state index contributed by atoms with van der Waals surface area (Å²) in [6.45, 7) is 2.65. The summed E-state index contributed by atoms with van der Waals surface area (Å²) in [7, 11) is 0. The number of benzene rings is 1. The highest BCUT2D eigenvalue weighted by Gasteiger charge is 2.19. The molecule has 0 amide bonds. The molecule has 0 spiro atoms. The molecule has 2 nitrogen and oxygen atoms in total. The molecule has 4 heteroatoms. The Bertz CT molecular complexity index is 356. The molecule has 1 aliphatic rings. The second-order valence-corrected chi connectivity index (χ2v) is 4.43. The molecule has 0 radical (unpaired) electrons. The van der Waals surface area contributed by atoms with Crippen molar-refractivity contribution in [1.29, 1.82) is 0 Å². The number of halogens is 2. The fraction of sp³-hybridized carbons (Fsp3) is 0.455. The van der Waals surface area contributed by atoms with Crippen molar-refractivity contribution in [1.82, 2.24) is 4.90 Å². The molecule has 1 fully saturated rings. The van der Waals surface area contributed by atoms with Crippen LogP contribution in [0.5, 0.6) is 0 Å². The van der Waals surface area contributed by atoms with Crippen molar-refractivity contribution < 1.29 is 4.39 Å². The fourth-order valence-corrected chi connectivity index (χ4v) is 2.12. The standard InChI is InChI=1S/C11H14ClFN2/c12-11-5-9(13)2-1-8(11)6-15-4-3-10(14)7-15/h1-2,5,10H,3-4,6-7,14H2/t10-/m1/s1. The van der Waals surface area contributed by atoms with Crippen LogP contribution in [0.3, 0.4) is 0 Å². The van der Waals surface area contributed by atoms with Crippen LogP contribution in [-0.2, 0) is 6.54 Å². The van der Waals surface area contributed by atoms with Crippen molar-refractivity contribution in [3.63, 3.8) is 0 Å². The Kier molecular flexibility index (Phi) is 3.24. The lowest BCUT2D eigenvalue weighted by Crippen LogP contribution is -2.26. The van der Waals surface area contributed by atoms with E-state index in [2.05, 4.69) is 4.90 Å². The van der Waals surface area contributed by atoms with E-state index in [0.717, 1.165) is 31.6 Å². The van der Waals surface area contributed by atoms with Gasteiger partial charge in [-0.15, -0.1) is 0 Å². The van der Waals surface area contributed by atoms with Crippen LogP contribution in [0.1, 0.15) is 12.0 Å². The molecule has 82 valence electrons. The molecule has 0 saturated carbocycles. The van der Waals surface area contributed by atoms with Crippen LogP contribution in [0.2, 0.25) is 5.02 Å². The van der Waals surface area contributed by atoms with Gasteiger partial charge in [-0.3, -0.25) is 4.90 Å². The summed E-state index contributed by atoms with van der Waals surface area (Å²) < 4.78 is 12.8. The first-order valence-corrected chi connectivity index (χ1v) is 5.45. The van der Waals surface area contributed by atoms with E-state index in [-0.39, 0.29) is 11.9 Å². The van der Waals surface area contributed by atoms with Gasteiger partial charge in [-0.2, -0.15) is 0 Å². The number of nitrogens with zero attached hydrogens (tertiary/aromatic N) is 1. The van der Waals surface area contributed by atoms with Gasteiger partial charge in [-0.1, -0.05) is 17.7 Å². The van der Waals surface area contributed by atoms with Crippen molar-refractivity contribution in [3.8, 4) is 0 Å². The summed E-state index contributed by atoms with van der Waals surface area (Å²) in [6.07, 6.45) is 1.03. The molecule has 1 aromatic carbocycles. The lowest BCUT2D eigenvalue weighted by atomic mass is 10.2. The molecule has 15 heavy (non-hydrogen) atoms. The normalized spacial score (nSPS) is 22.2. The minimum atomic E-state index is -0.290. The maximum Gasteiger partial charge on any atom is 0.124 e. The molecule has 1 saturated heterocycles. The van der Waals surface area contributed by atoms with E-state index < -0.39 is 0 Å². The summed E-state index contributed by atoms with van der Waals surface area (Å²) >= 11 is 5.95. The summed E-state index contributed by atoms with van der Waals surface area (Å²) in [4.78, 5) is 2.24. The third-order valence-corrected chi connectivity index (χ3v) is 3.07. The first kappa shape index (κ1) is 10.9. The maximum absolute atomic E-state index is 12.8. The van der Waals surface area contributed by atoms with E-state index in [0.29, 0.717) is 5.02 Å². The Balaban J connectivity index is 2.04. The minimum Gasteiger partial charge on any atom is -0.326 e. The largest absolute Gasteiger partial charge is 0.326 e. The third kappa shape index (κ3) is 2.68. The SMILES string of the molecule is N[C@@H]1CCN(Cc2ccc(F)cc2Cl)C1. The molecule has 2 N–H and O–H groups in total. The monoisotopic (exact) mass is 228 g/mol. The Hall–Kier alpha value is -0.640. The quantitative estimate of drug-likeness (QED) is 0.839. The second kappa shape index (κ2) is 4.47. The zero-order valence-electron chi connectivity index (χ0n) is 8.42. The van der Waals surface area contributed by atoms with Gasteiger partial charge in [0.2, 0.25) is 0 Å². The maximum atomic E-state index is 12.8. The molecule has 1 heterocycles. The molecule has 2 rings (SSSR count). The van der Waals surface area contributed by atoms with Gasteiger partial charge in [-0.25, -0.2) is 4.39 Å². The van der Waals surface area contributed by atoms with Gasteiger partial charge in [0.05, 0.1) is 0 Å². The van der Waals surface area contributed by atoms with Crippen LogP contribution in [-0.4, -0.2) is 24.0 Å². The third-order valence-electron chi connectivity index (χ3n) is 2.72. The molecular formula is C11H14ClFN2. The summed E-state index contributed by atoms with van der Waals surface area (Å²) in [5, 5.41) is 0.496. The molecule has 1 atom stereocenters. The topological polar surface area (TPSA) is 29.3 Å². The predicted octanol–water partition coefficient (Wildman–Crippen LogP) is 2.01. The number of hydrogen-bond donors (Lipinski definition) is 1. The molecule has 0 unspecified atom stereocenters. The van der Waals surface area contributed by atoms with Gasteiger partial charge in [0, 0.05) is 30.7 Å². The molecule has 0 aromatic heterocycles. The predicted molar refractivity (Wildman–Crippen MR) is 59.3 cm³/mol. The zero-order chi connectivity index (χ0) is 10.8. The van der Waals surface area contributed by atoms with Gasteiger partial charge in [-0.05, 0) is 24.1 Å². The van der Waals surface area contributed by atoms with Crippen molar-refractivity contribution >= 4 is 11.6 Å². The first-order valence-electron chi connectivity index (χ1n) is 5.07. The van der Waals surface area contributed by atoms with E-state index in [9.17, 15) is 4.39 Å². The van der Waals surface area contributed by atoms with Crippen LogP contribution in [0.15, 0.2) is 18.2 Å². The lowest BCUT2D eigenvalue weighted by Gasteiger charge is -2.15. The Morgan fingerprint density at radius 2 is 2.33 bits per heavy atom. The average Bonchev–Trinajstić information content (AvgIpc) is 2.56. The van der Waals surface area contributed by atoms with Gasteiger partial charge in [0.1, 0.15) is 5.82 Å². The van der Waals surface area contributed by atoms with E-state index in [1.807, 2.05) is 0 Å². The van der Waals surface area contributed by atoms with Gasteiger partial charge < -0.3 is 5.73 Å². The van der Waals surface area contributed by atoms with Crippen molar-refractivity contribution in [2.45, 2.75) is 19.0 Å². The highest BCUT2D eigenvalue weighted by Crippen LogP contribution is 2.20. The molecule has 1 aliphatic heterocycles. The highest BCUT2D eigenvalue weighted by atomic mass is 35.5. The molecule has 0 aliphatic carbocycles. The van der Waals surface area contributed by atoms with Crippen molar-refractivity contribution in [2.75, 3.05) is 13.1 Å². The smallest absolute Gasteiger partial charge is 0.124 e. The number of hydrogen-bond acceptors (Lipinski definition) is 2. The van der Waals surface area contributed by atoms with Gasteiger partial charge in [0.25, 0.3) is 0 Å². The molecule has 0 bridgehead atoms. The Labute approximate surface area is 93.8 Å². The highest BCUT2D eigenvalue weighted by molar-refractivity contribution is 6.31. The van der Waals surface area contributed by atoms with Crippen molar-refractivity contribution in [2.24, 2.45) is 5.73 Å². The number of likely N-dealkylation sites (tertiary alicyclic amines) is 1. The van der Waals surface area contributed by atoms with Crippen molar-refractivity contribution in [3.05, 3.63) is 34.6 Å². The molecular weight excluding hydrogens is 215 g/mol. The Morgan fingerprint density at radius 3 is 2.93 bits per heavy atom. The second-order valence-electron chi connectivity index (χ2n) is 4.02. The Morgan fingerprint density at radius 1 is 1.53 bits per heavy atom. The lowest BCUT2D eigenvalue weighted by molar-refractivity contribution is 0.327. The van der Waals surface area contributed by atoms with Crippen LogP contribution < -0.4 is 5.73 Å². The number of rotatable bonds is 2. The van der Waals surface area contributed by atoms with Gasteiger partial charge in [0.15, 0.2) is 0 Å². The van der Waals surface area contributed by atoms with Crippen LogP contribution in [0.25, 0.3) is 0 Å². The fourth-order valence-electron chi connectivity index (χ4n) is 1.90. The van der Waals surface area contributed by atoms with Crippen LogP contribution >= 0.6 is 11.6 Å². The van der Waals surface area contributed by atoms with E-state index in [4.69, 9.17) is 17.3 Å². The van der Waals surface area contributed by atoms with Gasteiger partial charge >= 0.3 is 0 Å². The first-order chi connectivity index (χ1) is 7.15. The van der Waals surface area contributed by atoms with E-state index in [1.165, 1.54) is 12.1 Å². The summed E-state index contributed by atoms with van der Waals surface area (Å²) in [5.74, 6) is -0.290. The zero-order valence-corrected chi connectivity index (χ0v) is 9.17. The number of nitrogens with two attached hydrogens (primary N) is 1.